The zero-order chi connectivity index (χ0) is 31.6. The van der Waals surface area contributed by atoms with Crippen LogP contribution in [-0.2, 0) is 28.6 Å². The third-order valence-corrected chi connectivity index (χ3v) is 6.85. The Hall–Kier alpha value is -2.63. The fourth-order valence-electron chi connectivity index (χ4n) is 4.25. The molecule has 0 aliphatic rings. The predicted molar refractivity (Wildman–Crippen MR) is 178 cm³/mol. The second-order valence-electron chi connectivity index (χ2n) is 11.1. The van der Waals surface area contributed by atoms with Gasteiger partial charge in [0, 0.05) is 19.3 Å². The van der Waals surface area contributed by atoms with E-state index in [2.05, 4.69) is 69.4 Å². The number of carbonyl (C=O) groups excluding carboxylic acids is 3. The molecule has 0 aromatic carbocycles. The molecular weight excluding hydrogens is 540 g/mol. The molecule has 43 heavy (non-hydrogen) atoms. The van der Waals surface area contributed by atoms with Gasteiger partial charge in [-0.25, -0.2) is 0 Å². The lowest BCUT2D eigenvalue weighted by Gasteiger charge is -2.18. The Morgan fingerprint density at radius 1 is 0.488 bits per heavy atom. The van der Waals surface area contributed by atoms with Crippen molar-refractivity contribution in [3.05, 3.63) is 48.6 Å². The fourth-order valence-corrected chi connectivity index (χ4v) is 4.25. The van der Waals surface area contributed by atoms with Gasteiger partial charge in [0.25, 0.3) is 0 Å². The fraction of sp³-hybridized carbons (Fsp3) is 0.703. The molecule has 0 rings (SSSR count). The molecule has 1 unspecified atom stereocenters. The molecule has 0 fully saturated rings. The first-order valence-corrected chi connectivity index (χ1v) is 17.1. The first-order chi connectivity index (χ1) is 21.0. The van der Waals surface area contributed by atoms with Crippen LogP contribution in [0.4, 0.5) is 0 Å². The standard InChI is InChI=1S/C37H62O6/c1-4-7-10-13-14-15-16-17-18-19-20-21-22-25-27-30-36(39)42-33-34(43-37(40)31-28-24-12-9-6-3)32-41-35(38)29-26-23-11-8-5-2/h7,10,14-15,17-18,20-21,34H,4-6,8-9,11-13,16,19,22-33H2,1-3H3/b10-7-,15-14-,18-17-,21-20-. The zero-order valence-electron chi connectivity index (χ0n) is 27.7. The van der Waals surface area contributed by atoms with Crippen molar-refractivity contribution >= 4 is 17.9 Å². The van der Waals surface area contributed by atoms with Crippen LogP contribution in [0.3, 0.4) is 0 Å². The van der Waals surface area contributed by atoms with Crippen LogP contribution in [0.25, 0.3) is 0 Å². The predicted octanol–water partition coefficient (Wildman–Crippen LogP) is 10.1. The highest BCUT2D eigenvalue weighted by Gasteiger charge is 2.19. The van der Waals surface area contributed by atoms with Crippen LogP contribution >= 0.6 is 0 Å². The van der Waals surface area contributed by atoms with E-state index in [1.807, 2.05) is 0 Å². The number of allylic oxidation sites excluding steroid dienone is 8. The van der Waals surface area contributed by atoms with Crippen molar-refractivity contribution in [3.63, 3.8) is 0 Å². The smallest absolute Gasteiger partial charge is 0.306 e. The number of esters is 3. The van der Waals surface area contributed by atoms with Crippen molar-refractivity contribution in [2.45, 2.75) is 155 Å². The van der Waals surface area contributed by atoms with Gasteiger partial charge < -0.3 is 14.2 Å². The van der Waals surface area contributed by atoms with Crippen LogP contribution in [0.15, 0.2) is 48.6 Å². The summed E-state index contributed by atoms with van der Waals surface area (Å²) in [6, 6.07) is 0. The lowest BCUT2D eigenvalue weighted by atomic mass is 10.1. The van der Waals surface area contributed by atoms with Gasteiger partial charge >= 0.3 is 17.9 Å². The molecule has 1 atom stereocenters. The molecule has 0 heterocycles. The number of rotatable bonds is 29. The molecule has 246 valence electrons. The number of hydrogen-bond acceptors (Lipinski definition) is 6. The molecule has 0 aromatic heterocycles. The molecule has 6 nitrogen and oxygen atoms in total. The highest BCUT2D eigenvalue weighted by molar-refractivity contribution is 5.71. The van der Waals surface area contributed by atoms with Gasteiger partial charge in [-0.15, -0.1) is 0 Å². The molecule has 6 heteroatoms. The summed E-state index contributed by atoms with van der Waals surface area (Å²) in [7, 11) is 0. The Morgan fingerprint density at radius 2 is 0.907 bits per heavy atom. The SMILES string of the molecule is CC/C=C\C/C=C\C/C=C\C/C=C\CCCCC(=O)OCC(COC(=O)CCCCCCC)OC(=O)CCCCCCC. The molecule has 0 aliphatic carbocycles. The molecule has 0 saturated heterocycles. The van der Waals surface area contributed by atoms with Crippen molar-refractivity contribution < 1.29 is 28.6 Å². The van der Waals surface area contributed by atoms with E-state index in [0.29, 0.717) is 19.3 Å². The number of hydrogen-bond donors (Lipinski definition) is 0. The third kappa shape index (κ3) is 30.6. The minimum Gasteiger partial charge on any atom is -0.462 e. The number of carbonyl (C=O) groups is 3. The quantitative estimate of drug-likeness (QED) is 0.0367. The van der Waals surface area contributed by atoms with Gasteiger partial charge in [-0.2, -0.15) is 0 Å². The maximum atomic E-state index is 12.4. The third-order valence-electron chi connectivity index (χ3n) is 6.85. The topological polar surface area (TPSA) is 78.9 Å². The average Bonchev–Trinajstić information content (AvgIpc) is 3.00. The normalized spacial score (nSPS) is 12.5. The molecular formula is C37H62O6. The van der Waals surface area contributed by atoms with Gasteiger partial charge in [0.15, 0.2) is 6.10 Å². The van der Waals surface area contributed by atoms with E-state index >= 15 is 0 Å². The largest absolute Gasteiger partial charge is 0.462 e. The van der Waals surface area contributed by atoms with E-state index < -0.39 is 6.10 Å². The van der Waals surface area contributed by atoms with E-state index in [0.717, 1.165) is 103 Å². The van der Waals surface area contributed by atoms with E-state index in [1.165, 1.54) is 6.42 Å². The Labute approximate surface area is 263 Å². The first kappa shape index (κ1) is 40.4. The molecule has 0 N–H and O–H groups in total. The summed E-state index contributed by atoms with van der Waals surface area (Å²) in [5.74, 6) is -0.974. The van der Waals surface area contributed by atoms with Gasteiger partial charge in [0.1, 0.15) is 13.2 Å². The molecule has 0 spiro atoms. The highest BCUT2D eigenvalue weighted by atomic mass is 16.6. The van der Waals surface area contributed by atoms with Crippen molar-refractivity contribution in [2.75, 3.05) is 13.2 Å². The molecule has 0 aromatic rings. The molecule has 0 radical (unpaired) electrons. The number of unbranched alkanes of at least 4 members (excludes halogenated alkanes) is 10. The number of ether oxygens (including phenoxy) is 3. The average molecular weight is 603 g/mol. The lowest BCUT2D eigenvalue weighted by molar-refractivity contribution is -0.167. The summed E-state index contributed by atoms with van der Waals surface area (Å²) < 4.78 is 16.3. The minimum atomic E-state index is -0.777. The Balaban J connectivity index is 4.30. The Bertz CT molecular complexity index is 795. The van der Waals surface area contributed by atoms with Gasteiger partial charge in [-0.1, -0.05) is 121 Å². The second-order valence-corrected chi connectivity index (χ2v) is 11.1. The maximum absolute atomic E-state index is 12.4. The molecule has 0 aliphatic heterocycles. The highest BCUT2D eigenvalue weighted by Crippen LogP contribution is 2.10. The van der Waals surface area contributed by atoms with Gasteiger partial charge in [-0.3, -0.25) is 14.4 Å². The van der Waals surface area contributed by atoms with E-state index in [4.69, 9.17) is 14.2 Å². The molecule has 0 saturated carbocycles. The second kappa shape index (κ2) is 32.3. The van der Waals surface area contributed by atoms with Crippen LogP contribution in [0.1, 0.15) is 149 Å². The summed E-state index contributed by atoms with van der Waals surface area (Å²) in [5, 5.41) is 0. The summed E-state index contributed by atoms with van der Waals surface area (Å²) in [5.41, 5.74) is 0. The van der Waals surface area contributed by atoms with E-state index in [-0.39, 0.29) is 31.1 Å². The van der Waals surface area contributed by atoms with Gasteiger partial charge in [0.2, 0.25) is 0 Å². The summed E-state index contributed by atoms with van der Waals surface area (Å²) in [6.07, 6.45) is 34.4. The summed E-state index contributed by atoms with van der Waals surface area (Å²) in [4.78, 5) is 36.8. The van der Waals surface area contributed by atoms with Gasteiger partial charge in [0.05, 0.1) is 0 Å². The van der Waals surface area contributed by atoms with Crippen LogP contribution in [0.5, 0.6) is 0 Å². The monoisotopic (exact) mass is 602 g/mol. The van der Waals surface area contributed by atoms with Crippen LogP contribution in [0.2, 0.25) is 0 Å². The van der Waals surface area contributed by atoms with Crippen molar-refractivity contribution in [1.82, 2.24) is 0 Å². The van der Waals surface area contributed by atoms with E-state index in [1.54, 1.807) is 0 Å². The van der Waals surface area contributed by atoms with Crippen molar-refractivity contribution in [2.24, 2.45) is 0 Å². The molecule has 0 amide bonds. The first-order valence-electron chi connectivity index (χ1n) is 17.1. The van der Waals surface area contributed by atoms with Crippen molar-refractivity contribution in [1.29, 1.82) is 0 Å². The summed E-state index contributed by atoms with van der Waals surface area (Å²) >= 11 is 0. The summed E-state index contributed by atoms with van der Waals surface area (Å²) in [6.45, 7) is 6.26. The van der Waals surface area contributed by atoms with Gasteiger partial charge in [-0.05, 0) is 57.8 Å². The maximum Gasteiger partial charge on any atom is 0.306 e. The van der Waals surface area contributed by atoms with E-state index in [9.17, 15) is 14.4 Å². The molecule has 0 bridgehead atoms. The minimum absolute atomic E-state index is 0.0888. The van der Waals surface area contributed by atoms with Crippen molar-refractivity contribution in [3.8, 4) is 0 Å². The lowest BCUT2D eigenvalue weighted by Crippen LogP contribution is -2.30. The zero-order valence-corrected chi connectivity index (χ0v) is 27.7. The Kier molecular flexibility index (Phi) is 30.3. The Morgan fingerprint density at radius 3 is 1.40 bits per heavy atom. The van der Waals surface area contributed by atoms with Crippen LogP contribution in [0, 0.1) is 0 Å². The van der Waals surface area contributed by atoms with Crippen LogP contribution in [-0.4, -0.2) is 37.2 Å². The van der Waals surface area contributed by atoms with Crippen LogP contribution < -0.4 is 0 Å².